The molecule has 2 amide bonds. The summed E-state index contributed by atoms with van der Waals surface area (Å²) in [5.41, 5.74) is 4.67. The molecule has 3 heterocycles. The van der Waals surface area contributed by atoms with Crippen LogP contribution in [0.4, 0.5) is 5.69 Å². The molecule has 2 aliphatic rings. The fourth-order valence-corrected chi connectivity index (χ4v) is 3.72. The lowest BCUT2D eigenvalue weighted by molar-refractivity contribution is -0.116. The summed E-state index contributed by atoms with van der Waals surface area (Å²) in [7, 11) is 0. The van der Waals surface area contributed by atoms with Crippen molar-refractivity contribution in [2.75, 3.05) is 37.7 Å². The molecule has 0 bridgehead atoms. The van der Waals surface area contributed by atoms with E-state index >= 15 is 0 Å². The van der Waals surface area contributed by atoms with Crippen molar-refractivity contribution in [3.8, 4) is 11.1 Å². The van der Waals surface area contributed by atoms with Crippen LogP contribution >= 0.6 is 0 Å². The zero-order chi connectivity index (χ0) is 18.8. The van der Waals surface area contributed by atoms with Gasteiger partial charge >= 0.3 is 0 Å². The van der Waals surface area contributed by atoms with Crippen LogP contribution in [0.2, 0.25) is 0 Å². The molecule has 140 valence electrons. The van der Waals surface area contributed by atoms with Gasteiger partial charge < -0.3 is 14.5 Å². The van der Waals surface area contributed by atoms with Gasteiger partial charge in [-0.05, 0) is 42.2 Å². The van der Waals surface area contributed by atoms with Crippen LogP contribution in [0.25, 0.3) is 11.1 Å². The second kappa shape index (κ2) is 7.48. The van der Waals surface area contributed by atoms with Gasteiger partial charge in [-0.25, -0.2) is 0 Å². The van der Waals surface area contributed by atoms with Gasteiger partial charge in [-0.15, -0.1) is 0 Å². The van der Waals surface area contributed by atoms with E-state index in [1.165, 1.54) is 5.56 Å². The number of rotatable bonds is 2. The standard InChI is InChI=1S/C21H23N3O3/c1-15(25)24-8-2-3-17-13-16(5-7-20(17)24)18-4-6-19(22-14-18)21(26)23-9-11-27-12-10-23/h4-7,13-14H,2-3,8-12H2,1H3. The maximum Gasteiger partial charge on any atom is 0.272 e. The topological polar surface area (TPSA) is 62.7 Å². The quantitative estimate of drug-likeness (QED) is 0.820. The summed E-state index contributed by atoms with van der Waals surface area (Å²) < 4.78 is 5.29. The number of morpholine rings is 1. The third kappa shape index (κ3) is 3.57. The molecule has 0 saturated carbocycles. The van der Waals surface area contributed by atoms with Gasteiger partial charge in [-0.1, -0.05) is 12.1 Å². The predicted molar refractivity (Wildman–Crippen MR) is 103 cm³/mol. The van der Waals surface area contributed by atoms with Crippen LogP contribution in [0.5, 0.6) is 0 Å². The van der Waals surface area contributed by atoms with E-state index in [0.717, 1.165) is 36.2 Å². The molecule has 0 spiro atoms. The van der Waals surface area contributed by atoms with Crippen LogP contribution < -0.4 is 4.90 Å². The van der Waals surface area contributed by atoms with Gasteiger partial charge in [0.25, 0.3) is 5.91 Å². The lowest BCUT2D eigenvalue weighted by atomic mass is 9.96. The first kappa shape index (κ1) is 17.7. The molecule has 0 unspecified atom stereocenters. The van der Waals surface area contributed by atoms with Crippen LogP contribution in [0, 0.1) is 0 Å². The molecule has 0 radical (unpaired) electrons. The van der Waals surface area contributed by atoms with Crippen molar-refractivity contribution in [3.63, 3.8) is 0 Å². The molecule has 0 N–H and O–H groups in total. The molecule has 1 fully saturated rings. The Morgan fingerprint density at radius 3 is 2.52 bits per heavy atom. The largest absolute Gasteiger partial charge is 0.378 e. The van der Waals surface area contributed by atoms with Crippen molar-refractivity contribution >= 4 is 17.5 Å². The lowest BCUT2D eigenvalue weighted by Gasteiger charge is -2.29. The minimum atomic E-state index is -0.0487. The number of fused-ring (bicyclic) bond motifs is 1. The molecule has 1 aromatic carbocycles. The number of aryl methyl sites for hydroxylation is 1. The fourth-order valence-electron chi connectivity index (χ4n) is 3.72. The maximum absolute atomic E-state index is 12.5. The van der Waals surface area contributed by atoms with Gasteiger partial charge in [-0.2, -0.15) is 0 Å². The van der Waals surface area contributed by atoms with E-state index in [1.54, 1.807) is 24.1 Å². The monoisotopic (exact) mass is 365 g/mol. The molecule has 6 nitrogen and oxygen atoms in total. The lowest BCUT2D eigenvalue weighted by Crippen LogP contribution is -2.41. The van der Waals surface area contributed by atoms with E-state index in [9.17, 15) is 9.59 Å². The number of anilines is 1. The molecule has 2 aliphatic heterocycles. The zero-order valence-corrected chi connectivity index (χ0v) is 15.5. The molecule has 2 aromatic rings. The second-order valence-electron chi connectivity index (χ2n) is 6.95. The Hall–Kier alpha value is -2.73. The first-order valence-corrected chi connectivity index (χ1v) is 9.38. The van der Waals surface area contributed by atoms with Crippen LogP contribution in [0.15, 0.2) is 36.5 Å². The summed E-state index contributed by atoms with van der Waals surface area (Å²) in [4.78, 5) is 32.3. The molecule has 6 heteroatoms. The molecule has 4 rings (SSSR count). The van der Waals surface area contributed by atoms with E-state index in [-0.39, 0.29) is 11.8 Å². The minimum absolute atomic E-state index is 0.0487. The van der Waals surface area contributed by atoms with Crippen LogP contribution in [0.1, 0.15) is 29.4 Å². The Kier molecular flexibility index (Phi) is 4.90. The van der Waals surface area contributed by atoms with Gasteiger partial charge in [0.1, 0.15) is 5.69 Å². The average molecular weight is 365 g/mol. The Labute approximate surface area is 158 Å². The highest BCUT2D eigenvalue weighted by atomic mass is 16.5. The third-order valence-corrected chi connectivity index (χ3v) is 5.19. The Bertz CT molecular complexity index is 857. The smallest absolute Gasteiger partial charge is 0.272 e. The normalized spacial score (nSPS) is 16.8. The molecule has 0 atom stereocenters. The number of benzene rings is 1. The van der Waals surface area contributed by atoms with E-state index in [1.807, 2.05) is 23.1 Å². The number of nitrogens with zero attached hydrogens (tertiary/aromatic N) is 3. The highest BCUT2D eigenvalue weighted by Crippen LogP contribution is 2.31. The Morgan fingerprint density at radius 2 is 1.81 bits per heavy atom. The molecular formula is C21H23N3O3. The van der Waals surface area contributed by atoms with E-state index in [4.69, 9.17) is 4.74 Å². The molecule has 0 aliphatic carbocycles. The van der Waals surface area contributed by atoms with Gasteiger partial charge in [0, 0.05) is 44.0 Å². The van der Waals surface area contributed by atoms with Crippen molar-refractivity contribution in [1.82, 2.24) is 9.88 Å². The fraction of sp³-hybridized carbons (Fsp3) is 0.381. The van der Waals surface area contributed by atoms with E-state index < -0.39 is 0 Å². The van der Waals surface area contributed by atoms with Crippen molar-refractivity contribution in [2.45, 2.75) is 19.8 Å². The van der Waals surface area contributed by atoms with Crippen molar-refractivity contribution < 1.29 is 14.3 Å². The van der Waals surface area contributed by atoms with Gasteiger partial charge in [0.15, 0.2) is 0 Å². The van der Waals surface area contributed by atoms with Gasteiger partial charge in [0.2, 0.25) is 5.91 Å². The van der Waals surface area contributed by atoms with E-state index in [0.29, 0.717) is 32.0 Å². The summed E-state index contributed by atoms with van der Waals surface area (Å²) in [5, 5.41) is 0. The Balaban J connectivity index is 1.55. The van der Waals surface area contributed by atoms with Crippen molar-refractivity contribution in [1.29, 1.82) is 0 Å². The van der Waals surface area contributed by atoms with Crippen LogP contribution in [-0.2, 0) is 16.0 Å². The summed E-state index contributed by atoms with van der Waals surface area (Å²) in [5.74, 6) is 0.0312. The number of pyridine rings is 1. The molecule has 27 heavy (non-hydrogen) atoms. The summed E-state index contributed by atoms with van der Waals surface area (Å²) in [6, 6.07) is 9.88. The number of carbonyl (C=O) groups excluding carboxylic acids is 2. The zero-order valence-electron chi connectivity index (χ0n) is 15.5. The van der Waals surface area contributed by atoms with Gasteiger partial charge in [-0.3, -0.25) is 14.6 Å². The van der Waals surface area contributed by atoms with Crippen LogP contribution in [-0.4, -0.2) is 54.5 Å². The molecule has 1 saturated heterocycles. The van der Waals surface area contributed by atoms with Gasteiger partial charge in [0.05, 0.1) is 13.2 Å². The number of ether oxygens (including phenoxy) is 1. The number of aromatic nitrogens is 1. The SMILES string of the molecule is CC(=O)N1CCCc2cc(-c3ccc(C(=O)N4CCOCC4)nc3)ccc21. The number of carbonyl (C=O) groups is 2. The van der Waals surface area contributed by atoms with Crippen LogP contribution in [0.3, 0.4) is 0 Å². The second-order valence-corrected chi connectivity index (χ2v) is 6.95. The summed E-state index contributed by atoms with van der Waals surface area (Å²) >= 11 is 0. The van der Waals surface area contributed by atoms with Crippen molar-refractivity contribution in [2.24, 2.45) is 0 Å². The number of hydrogen-bond donors (Lipinski definition) is 0. The number of hydrogen-bond acceptors (Lipinski definition) is 4. The molecule has 1 aromatic heterocycles. The third-order valence-electron chi connectivity index (χ3n) is 5.19. The minimum Gasteiger partial charge on any atom is -0.378 e. The average Bonchev–Trinajstić information content (AvgIpc) is 2.73. The Morgan fingerprint density at radius 1 is 1.04 bits per heavy atom. The maximum atomic E-state index is 12.5. The number of amides is 2. The first-order valence-electron chi connectivity index (χ1n) is 9.38. The highest BCUT2D eigenvalue weighted by molar-refractivity contribution is 5.94. The predicted octanol–water partition coefficient (Wildman–Crippen LogP) is 2.52. The molecular weight excluding hydrogens is 342 g/mol. The first-order chi connectivity index (χ1) is 13.1. The summed E-state index contributed by atoms with van der Waals surface area (Å²) in [6.07, 6.45) is 3.69. The van der Waals surface area contributed by atoms with E-state index in [2.05, 4.69) is 11.1 Å². The van der Waals surface area contributed by atoms with Crippen molar-refractivity contribution in [3.05, 3.63) is 47.8 Å². The summed E-state index contributed by atoms with van der Waals surface area (Å²) in [6.45, 7) is 4.77. The highest BCUT2D eigenvalue weighted by Gasteiger charge is 2.21.